The molecular weight excluding hydrogens is 451 g/mol. The molecule has 4 rings (SSSR count). The van der Waals surface area contributed by atoms with Crippen LogP contribution >= 0.6 is 23.4 Å². The zero-order valence-electron chi connectivity index (χ0n) is 16.5. The summed E-state index contributed by atoms with van der Waals surface area (Å²) in [6.07, 6.45) is -3.22. The molecule has 0 saturated heterocycles. The molecule has 160 valence electrons. The van der Waals surface area contributed by atoms with Gasteiger partial charge in [-0.3, -0.25) is 10.2 Å². The Hall–Kier alpha value is -2.85. The minimum Gasteiger partial charge on any atom is -0.318 e. The second-order valence-electron chi connectivity index (χ2n) is 7.02. The number of alkyl halides is 3. The maximum atomic E-state index is 13.0. The van der Waals surface area contributed by atoms with Crippen molar-refractivity contribution in [3.63, 3.8) is 0 Å². The number of hydrazone groups is 1. The van der Waals surface area contributed by atoms with E-state index in [-0.39, 0.29) is 22.5 Å². The average Bonchev–Trinajstić information content (AvgIpc) is 3.21. The minimum absolute atomic E-state index is 0.135. The van der Waals surface area contributed by atoms with Crippen LogP contribution in [0.2, 0.25) is 5.02 Å². The lowest BCUT2D eigenvalue weighted by molar-refractivity contribution is -0.114. The van der Waals surface area contributed by atoms with Crippen molar-refractivity contribution in [1.82, 2.24) is 9.58 Å². The van der Waals surface area contributed by atoms with E-state index in [4.69, 9.17) is 17.0 Å². The number of nitrogens with zero attached hydrogens (tertiary/aromatic N) is 4. The number of aromatic nitrogens is 1. The fourth-order valence-electron chi connectivity index (χ4n) is 3.44. The highest BCUT2D eigenvalue weighted by atomic mass is 35.5. The number of halogens is 4. The molecule has 0 fully saturated rings. The van der Waals surface area contributed by atoms with Gasteiger partial charge in [0.1, 0.15) is 0 Å². The Morgan fingerprint density at radius 1 is 1.19 bits per heavy atom. The number of benzene rings is 1. The molecule has 1 aromatic heterocycles. The molecule has 11 heteroatoms. The molecule has 2 aromatic rings. The zero-order valence-corrected chi connectivity index (χ0v) is 18.1. The van der Waals surface area contributed by atoms with Gasteiger partial charge in [0.25, 0.3) is 5.91 Å². The van der Waals surface area contributed by atoms with Crippen LogP contribution < -0.4 is 0 Å². The third-order valence-electron chi connectivity index (χ3n) is 4.87. The smallest absolute Gasteiger partial charge is 0.318 e. The first-order valence-electron chi connectivity index (χ1n) is 9.00. The van der Waals surface area contributed by atoms with Crippen molar-refractivity contribution < 1.29 is 18.0 Å². The van der Waals surface area contributed by atoms with Gasteiger partial charge in [-0.2, -0.15) is 28.3 Å². The summed E-state index contributed by atoms with van der Waals surface area (Å²) < 4.78 is 40.9. The van der Waals surface area contributed by atoms with Crippen molar-refractivity contribution in [2.75, 3.05) is 0 Å². The first-order chi connectivity index (χ1) is 14.5. The zero-order chi connectivity index (χ0) is 22.7. The Kier molecular flexibility index (Phi) is 5.09. The lowest BCUT2D eigenvalue weighted by Gasteiger charge is -2.20. The van der Waals surface area contributed by atoms with E-state index in [9.17, 15) is 18.0 Å². The van der Waals surface area contributed by atoms with Gasteiger partial charge in [0.2, 0.25) is 10.2 Å². The lowest BCUT2D eigenvalue weighted by Crippen LogP contribution is -2.35. The van der Waals surface area contributed by atoms with Crippen molar-refractivity contribution >= 4 is 51.4 Å². The molecular formula is C20H15ClF3N5OS. The van der Waals surface area contributed by atoms with Crippen LogP contribution in [0.4, 0.5) is 13.2 Å². The summed E-state index contributed by atoms with van der Waals surface area (Å²) in [6.45, 7) is 5.67. The SMILES string of the molecule is Cc1cc(Cl)ccc1-n1c(C)cc(/C=C2\C(=N)N3N=C(C(F)(F)F)SC3=NC2=O)c1C. The molecule has 0 unspecified atom stereocenters. The Morgan fingerprint density at radius 3 is 2.55 bits per heavy atom. The van der Waals surface area contributed by atoms with Gasteiger partial charge in [0, 0.05) is 22.1 Å². The normalized spacial score (nSPS) is 17.9. The van der Waals surface area contributed by atoms with Crippen LogP contribution in [0.1, 0.15) is 22.5 Å². The number of nitrogens with one attached hydrogen (secondary N) is 1. The van der Waals surface area contributed by atoms with E-state index in [1.807, 2.05) is 43.5 Å². The molecule has 2 aliphatic heterocycles. The Balaban J connectivity index is 1.76. The Labute approximate surface area is 184 Å². The number of amides is 1. The molecule has 0 bridgehead atoms. The molecule has 0 atom stereocenters. The highest BCUT2D eigenvalue weighted by Crippen LogP contribution is 2.35. The minimum atomic E-state index is -4.68. The standard InChI is InChI=1S/C20H15ClF3N5OS/c1-9-6-13(21)4-5-15(9)28-10(2)7-12(11(28)3)8-14-16(25)29-19(26-17(14)30)31-18(27-29)20(22,23)24/h4-8,25H,1-3H3/b14-8+,25-16?. The average molecular weight is 466 g/mol. The first kappa shape index (κ1) is 21.4. The summed E-state index contributed by atoms with van der Waals surface area (Å²) in [5.41, 5.74) is 4.04. The number of rotatable bonds is 2. The van der Waals surface area contributed by atoms with Gasteiger partial charge in [-0.05, 0) is 74.0 Å². The molecule has 1 amide bonds. The van der Waals surface area contributed by atoms with Crippen molar-refractivity contribution in [2.45, 2.75) is 26.9 Å². The first-order valence-corrected chi connectivity index (χ1v) is 10.2. The third-order valence-corrected chi connectivity index (χ3v) is 6.06. The summed E-state index contributed by atoms with van der Waals surface area (Å²) in [5, 5.41) is 11.6. The summed E-state index contributed by atoms with van der Waals surface area (Å²) in [5.74, 6) is -1.23. The van der Waals surface area contributed by atoms with Gasteiger partial charge >= 0.3 is 6.18 Å². The number of amidine groups is 2. The molecule has 1 N–H and O–H groups in total. The summed E-state index contributed by atoms with van der Waals surface area (Å²) in [4.78, 5) is 16.2. The number of hydrogen-bond acceptors (Lipinski definition) is 4. The number of fused-ring (bicyclic) bond motifs is 1. The number of carbonyl (C=O) groups is 1. The van der Waals surface area contributed by atoms with Gasteiger partial charge in [0.15, 0.2) is 5.84 Å². The largest absolute Gasteiger partial charge is 0.441 e. The van der Waals surface area contributed by atoms with Crippen LogP contribution in [0, 0.1) is 26.2 Å². The van der Waals surface area contributed by atoms with E-state index < -0.39 is 23.0 Å². The Bertz CT molecular complexity index is 1240. The van der Waals surface area contributed by atoms with Crippen LogP contribution in [0.15, 0.2) is 39.9 Å². The molecule has 0 aliphatic carbocycles. The number of aliphatic imine (C=N–C) groups is 1. The molecule has 3 heterocycles. The molecule has 31 heavy (non-hydrogen) atoms. The predicted octanol–water partition coefficient (Wildman–Crippen LogP) is 5.24. The fraction of sp³-hybridized carbons (Fsp3) is 0.200. The van der Waals surface area contributed by atoms with Crippen LogP contribution in [0.5, 0.6) is 0 Å². The highest BCUT2D eigenvalue weighted by molar-refractivity contribution is 8.27. The summed E-state index contributed by atoms with van der Waals surface area (Å²) in [6, 6.07) is 7.33. The maximum Gasteiger partial charge on any atom is 0.441 e. The number of carbonyl (C=O) groups excluding carboxylic acids is 1. The number of aryl methyl sites for hydroxylation is 2. The summed E-state index contributed by atoms with van der Waals surface area (Å²) in [7, 11) is 0. The van der Waals surface area contributed by atoms with Gasteiger partial charge in [0.05, 0.1) is 5.57 Å². The van der Waals surface area contributed by atoms with E-state index in [2.05, 4.69) is 10.1 Å². The molecule has 0 saturated carbocycles. The highest BCUT2D eigenvalue weighted by Gasteiger charge is 2.46. The number of thioether (sulfide) groups is 1. The van der Waals surface area contributed by atoms with E-state index in [0.29, 0.717) is 10.6 Å². The van der Waals surface area contributed by atoms with E-state index in [1.165, 1.54) is 6.08 Å². The third kappa shape index (κ3) is 3.70. The van der Waals surface area contributed by atoms with Gasteiger partial charge in [-0.1, -0.05) is 11.6 Å². The van der Waals surface area contributed by atoms with E-state index in [1.54, 1.807) is 6.07 Å². The quantitative estimate of drug-likeness (QED) is 0.616. The summed E-state index contributed by atoms with van der Waals surface area (Å²) >= 11 is 6.28. The fourth-order valence-corrected chi connectivity index (χ4v) is 4.42. The maximum absolute atomic E-state index is 13.0. The Morgan fingerprint density at radius 2 is 1.90 bits per heavy atom. The second-order valence-corrected chi connectivity index (χ2v) is 8.41. The topological polar surface area (TPSA) is 73.8 Å². The second kappa shape index (κ2) is 7.38. The van der Waals surface area contributed by atoms with Gasteiger partial charge in [-0.15, -0.1) is 0 Å². The van der Waals surface area contributed by atoms with Gasteiger partial charge < -0.3 is 4.57 Å². The van der Waals surface area contributed by atoms with Crippen molar-refractivity contribution in [2.24, 2.45) is 10.1 Å². The van der Waals surface area contributed by atoms with E-state index in [0.717, 1.165) is 27.6 Å². The molecule has 0 spiro atoms. The van der Waals surface area contributed by atoms with Gasteiger partial charge in [-0.25, -0.2) is 0 Å². The van der Waals surface area contributed by atoms with Crippen molar-refractivity contribution in [3.05, 3.63) is 57.4 Å². The lowest BCUT2D eigenvalue weighted by atomic mass is 10.1. The molecule has 0 radical (unpaired) electrons. The monoisotopic (exact) mass is 465 g/mol. The molecule has 2 aliphatic rings. The van der Waals surface area contributed by atoms with E-state index >= 15 is 0 Å². The van der Waals surface area contributed by atoms with Crippen molar-refractivity contribution in [1.29, 1.82) is 5.41 Å². The molecule has 1 aromatic carbocycles. The number of hydrogen-bond donors (Lipinski definition) is 1. The van der Waals surface area contributed by atoms with Crippen LogP contribution in [-0.2, 0) is 4.79 Å². The van der Waals surface area contributed by atoms with Crippen LogP contribution in [-0.4, -0.2) is 37.7 Å². The van der Waals surface area contributed by atoms with Crippen LogP contribution in [0.3, 0.4) is 0 Å². The predicted molar refractivity (Wildman–Crippen MR) is 116 cm³/mol. The van der Waals surface area contributed by atoms with Crippen LogP contribution in [0.25, 0.3) is 11.8 Å². The molecule has 6 nitrogen and oxygen atoms in total. The van der Waals surface area contributed by atoms with Crippen molar-refractivity contribution in [3.8, 4) is 5.69 Å².